The van der Waals surface area contributed by atoms with Crippen LogP contribution in [0.1, 0.15) is 36.4 Å². The van der Waals surface area contributed by atoms with E-state index in [0.717, 1.165) is 32.2 Å². The molecule has 0 amide bonds. The van der Waals surface area contributed by atoms with Crippen molar-refractivity contribution < 1.29 is 4.39 Å². The molecule has 0 spiro atoms. The van der Waals surface area contributed by atoms with Crippen molar-refractivity contribution in [3.05, 3.63) is 60.0 Å². The van der Waals surface area contributed by atoms with Crippen molar-refractivity contribution in [1.29, 1.82) is 0 Å². The van der Waals surface area contributed by atoms with Gasteiger partial charge in [-0.25, -0.2) is 4.39 Å². The summed E-state index contributed by atoms with van der Waals surface area (Å²) in [5.41, 5.74) is 9.07. The predicted octanol–water partition coefficient (Wildman–Crippen LogP) is 3.59. The topological polar surface area (TPSA) is 24.1 Å². The first-order valence-electron chi connectivity index (χ1n) is 6.85. The third-order valence-electron chi connectivity index (χ3n) is 3.39. The maximum atomic E-state index is 12.9. The van der Waals surface area contributed by atoms with Gasteiger partial charge in [-0.05, 0) is 49.0 Å². The van der Waals surface area contributed by atoms with Gasteiger partial charge in [0.15, 0.2) is 0 Å². The minimum Gasteiger partial charge on any atom is -0.257 e. The quantitative estimate of drug-likeness (QED) is 0.603. The lowest BCUT2D eigenvalue weighted by atomic mass is 10.00. The lowest BCUT2D eigenvalue weighted by molar-refractivity contribution is 0.580. The summed E-state index contributed by atoms with van der Waals surface area (Å²) >= 11 is 0. The highest BCUT2D eigenvalue weighted by molar-refractivity contribution is 5.26. The molecule has 102 valence electrons. The number of unbranched alkanes of at least 4 members (excludes halogenated alkanes) is 1. The second kappa shape index (κ2) is 7.22. The molecule has 0 radical (unpaired) electrons. The Hall–Kier alpha value is -1.45. The maximum Gasteiger partial charge on any atom is 0.118 e. The van der Waals surface area contributed by atoms with Gasteiger partial charge < -0.3 is 0 Å². The summed E-state index contributed by atoms with van der Waals surface area (Å²) in [4.78, 5) is 0. The lowest BCUT2D eigenvalue weighted by Crippen LogP contribution is -2.24. The van der Waals surface area contributed by atoms with Crippen LogP contribution in [0.4, 0.5) is 4.39 Å². The molecule has 0 saturated carbocycles. The second-order valence-electron chi connectivity index (χ2n) is 4.84. The Bertz CT molecular complexity index is 448. The van der Waals surface area contributed by atoms with Crippen molar-refractivity contribution >= 4 is 0 Å². The fourth-order valence-corrected chi connectivity index (χ4v) is 2.33. The molecule has 3 heteroatoms. The minimum absolute atomic E-state index is 0.227. The van der Waals surface area contributed by atoms with Crippen LogP contribution < -0.4 is 10.9 Å². The van der Waals surface area contributed by atoms with E-state index >= 15 is 0 Å². The van der Waals surface area contributed by atoms with E-state index in [1.165, 1.54) is 17.2 Å². The van der Waals surface area contributed by atoms with Gasteiger partial charge in [-0.1, -0.05) is 30.8 Å². The Kier molecular flexibility index (Phi) is 5.31. The van der Waals surface area contributed by atoms with E-state index in [9.17, 15) is 4.39 Å². The molecule has 0 aliphatic carbocycles. The summed E-state index contributed by atoms with van der Waals surface area (Å²) < 4.78 is 12.9. The fourth-order valence-electron chi connectivity index (χ4n) is 2.33. The van der Waals surface area contributed by atoms with E-state index in [1.54, 1.807) is 6.08 Å². The number of nitrogens with one attached hydrogen (secondary N) is 2. The number of hydrazine groups is 1. The molecular weight excluding hydrogens is 239 g/mol. The molecule has 0 aromatic heterocycles. The molecule has 0 unspecified atom stereocenters. The van der Waals surface area contributed by atoms with Crippen LogP contribution in [-0.4, -0.2) is 6.54 Å². The second-order valence-corrected chi connectivity index (χ2v) is 4.84. The van der Waals surface area contributed by atoms with Crippen molar-refractivity contribution in [3.8, 4) is 0 Å². The number of rotatable bonds is 6. The Morgan fingerprint density at radius 3 is 3.11 bits per heavy atom. The molecule has 1 atom stereocenters. The molecule has 1 fully saturated rings. The highest BCUT2D eigenvalue weighted by Crippen LogP contribution is 2.20. The van der Waals surface area contributed by atoms with Gasteiger partial charge in [0.25, 0.3) is 0 Å². The van der Waals surface area contributed by atoms with Crippen molar-refractivity contribution in [2.24, 2.45) is 0 Å². The van der Waals surface area contributed by atoms with Crippen molar-refractivity contribution in [1.82, 2.24) is 10.9 Å². The van der Waals surface area contributed by atoms with Gasteiger partial charge in [-0.15, -0.1) is 0 Å². The summed E-state index contributed by atoms with van der Waals surface area (Å²) in [6.07, 6.45) is 6.66. The van der Waals surface area contributed by atoms with Crippen molar-refractivity contribution in [2.75, 3.05) is 6.54 Å². The number of halogens is 1. The van der Waals surface area contributed by atoms with Gasteiger partial charge in [-0.3, -0.25) is 10.9 Å². The Balaban J connectivity index is 1.86. The van der Waals surface area contributed by atoms with Crippen molar-refractivity contribution in [2.45, 2.75) is 31.7 Å². The van der Waals surface area contributed by atoms with E-state index in [2.05, 4.69) is 41.7 Å². The number of allylic oxidation sites excluding steroid dienone is 3. The summed E-state index contributed by atoms with van der Waals surface area (Å²) in [7, 11) is 0. The van der Waals surface area contributed by atoms with Crippen LogP contribution in [0, 0.1) is 0 Å². The summed E-state index contributed by atoms with van der Waals surface area (Å²) in [5.74, 6) is -0.227. The third kappa shape index (κ3) is 4.30. The number of hydrogen-bond donors (Lipinski definition) is 2. The Morgan fingerprint density at radius 2 is 2.37 bits per heavy atom. The zero-order valence-corrected chi connectivity index (χ0v) is 11.2. The van der Waals surface area contributed by atoms with Gasteiger partial charge >= 0.3 is 0 Å². The first kappa shape index (κ1) is 14.0. The van der Waals surface area contributed by atoms with Gasteiger partial charge in [0.2, 0.25) is 0 Å². The van der Waals surface area contributed by atoms with Gasteiger partial charge in [0.1, 0.15) is 5.83 Å². The van der Waals surface area contributed by atoms with Crippen LogP contribution in [-0.2, 0) is 6.42 Å². The standard InChI is InChI=1S/C16H21FN2/c1-2-15(17)9-4-3-6-13-7-5-8-14(12-13)16-10-11-18-19-16/h2,5,7-9,12,16,18-19H,1,3-4,6,10-11H2/b15-9+/t16-/m1/s1. The zero-order valence-electron chi connectivity index (χ0n) is 11.2. The number of hydrogen-bond acceptors (Lipinski definition) is 2. The van der Waals surface area contributed by atoms with Gasteiger partial charge in [0, 0.05) is 12.6 Å². The van der Waals surface area contributed by atoms with E-state index in [0.29, 0.717) is 6.04 Å². The molecule has 0 bridgehead atoms. The molecular formula is C16H21FN2. The molecule has 1 aromatic carbocycles. The smallest absolute Gasteiger partial charge is 0.118 e. The van der Waals surface area contributed by atoms with E-state index < -0.39 is 0 Å². The molecule has 2 nitrogen and oxygen atoms in total. The third-order valence-corrected chi connectivity index (χ3v) is 3.39. The van der Waals surface area contributed by atoms with Gasteiger partial charge in [-0.2, -0.15) is 0 Å². The van der Waals surface area contributed by atoms with Gasteiger partial charge in [0.05, 0.1) is 0 Å². The average Bonchev–Trinajstić information content (AvgIpc) is 2.98. The van der Waals surface area contributed by atoms with E-state index in [-0.39, 0.29) is 5.83 Å². The highest BCUT2D eigenvalue weighted by atomic mass is 19.1. The maximum absolute atomic E-state index is 12.9. The first-order chi connectivity index (χ1) is 9.29. The average molecular weight is 260 g/mol. The van der Waals surface area contributed by atoms with Crippen LogP contribution in [0.5, 0.6) is 0 Å². The number of aryl methyl sites for hydroxylation is 1. The summed E-state index contributed by atoms with van der Waals surface area (Å²) in [5, 5.41) is 0. The first-order valence-corrected chi connectivity index (χ1v) is 6.85. The Morgan fingerprint density at radius 1 is 1.47 bits per heavy atom. The van der Waals surface area contributed by atoms with E-state index in [1.807, 2.05) is 0 Å². The Labute approximate surface area is 114 Å². The number of benzene rings is 1. The molecule has 2 N–H and O–H groups in total. The van der Waals surface area contributed by atoms with Crippen LogP contribution in [0.3, 0.4) is 0 Å². The highest BCUT2D eigenvalue weighted by Gasteiger charge is 2.15. The molecule has 1 aromatic rings. The monoisotopic (exact) mass is 260 g/mol. The van der Waals surface area contributed by atoms with E-state index in [4.69, 9.17) is 0 Å². The normalized spacial score (nSPS) is 19.6. The van der Waals surface area contributed by atoms with Crippen LogP contribution in [0.25, 0.3) is 0 Å². The largest absolute Gasteiger partial charge is 0.257 e. The van der Waals surface area contributed by atoms with Crippen LogP contribution in [0.2, 0.25) is 0 Å². The van der Waals surface area contributed by atoms with Crippen LogP contribution >= 0.6 is 0 Å². The van der Waals surface area contributed by atoms with Crippen molar-refractivity contribution in [3.63, 3.8) is 0 Å². The lowest BCUT2D eigenvalue weighted by Gasteiger charge is -2.11. The summed E-state index contributed by atoms with van der Waals surface area (Å²) in [6.45, 7) is 4.41. The predicted molar refractivity (Wildman–Crippen MR) is 77.3 cm³/mol. The SMILES string of the molecule is C=C/C(F)=C\CCCc1cccc([C@H]2CCNN2)c1. The molecule has 19 heavy (non-hydrogen) atoms. The molecule has 1 saturated heterocycles. The molecule has 1 heterocycles. The molecule has 1 aliphatic rings. The van der Waals surface area contributed by atoms with Crippen LogP contribution in [0.15, 0.2) is 48.8 Å². The minimum atomic E-state index is -0.227. The molecule has 2 rings (SSSR count). The fraction of sp³-hybridized carbons (Fsp3) is 0.375. The molecule has 1 aliphatic heterocycles. The zero-order chi connectivity index (χ0) is 13.5. The summed E-state index contributed by atoms with van der Waals surface area (Å²) in [6, 6.07) is 9.06.